The Morgan fingerprint density at radius 3 is 2.94 bits per heavy atom. The molecular weight excluding hydrogens is 230 g/mol. The molecule has 0 saturated carbocycles. The van der Waals surface area contributed by atoms with Crippen LogP contribution in [0.2, 0.25) is 0 Å². The molecule has 0 radical (unpaired) electrons. The van der Waals surface area contributed by atoms with Crippen molar-refractivity contribution in [2.24, 2.45) is 5.73 Å². The van der Waals surface area contributed by atoms with E-state index in [4.69, 9.17) is 5.73 Å². The van der Waals surface area contributed by atoms with Crippen LogP contribution in [0, 0.1) is 0 Å². The van der Waals surface area contributed by atoms with Crippen LogP contribution in [0.3, 0.4) is 0 Å². The highest BCUT2D eigenvalue weighted by atomic mass is 32.1. The molecule has 0 saturated heterocycles. The molecule has 0 unspecified atom stereocenters. The first-order chi connectivity index (χ1) is 8.31. The van der Waals surface area contributed by atoms with Crippen LogP contribution in [0.1, 0.15) is 10.6 Å². The molecule has 2 aromatic rings. The number of rotatable bonds is 5. The quantitative estimate of drug-likeness (QED) is 0.881. The summed E-state index contributed by atoms with van der Waals surface area (Å²) in [6.07, 6.45) is 2.85. The van der Waals surface area contributed by atoms with Crippen molar-refractivity contribution < 1.29 is 0 Å². The molecule has 0 aliphatic rings. The fourth-order valence-electron chi connectivity index (χ4n) is 1.79. The van der Waals surface area contributed by atoms with Gasteiger partial charge in [-0.05, 0) is 30.0 Å². The summed E-state index contributed by atoms with van der Waals surface area (Å²) in [5.74, 6) is 0. The summed E-state index contributed by atoms with van der Waals surface area (Å²) in [5.41, 5.74) is 7.78. The number of nitrogens with two attached hydrogens (primary N) is 1. The van der Waals surface area contributed by atoms with Crippen LogP contribution in [0.5, 0.6) is 0 Å². The number of likely N-dealkylation sites (N-methyl/N-ethyl adjacent to an activating group) is 1. The van der Waals surface area contributed by atoms with Gasteiger partial charge in [0.15, 0.2) is 0 Å². The van der Waals surface area contributed by atoms with E-state index in [1.807, 2.05) is 6.07 Å². The first-order valence-corrected chi connectivity index (χ1v) is 6.56. The van der Waals surface area contributed by atoms with E-state index in [1.54, 1.807) is 17.5 Å². The number of hydrogen-bond acceptors (Lipinski definition) is 4. The zero-order valence-corrected chi connectivity index (χ0v) is 10.8. The van der Waals surface area contributed by atoms with Gasteiger partial charge in [-0.15, -0.1) is 11.3 Å². The lowest BCUT2D eigenvalue weighted by molar-refractivity contribution is 0.862. The molecular formula is C13H17N3S. The molecule has 0 atom stereocenters. The van der Waals surface area contributed by atoms with Crippen molar-refractivity contribution in [3.63, 3.8) is 0 Å². The molecule has 2 aromatic heterocycles. The second kappa shape index (κ2) is 5.80. The van der Waals surface area contributed by atoms with Gasteiger partial charge in [0.1, 0.15) is 0 Å². The largest absolute Gasteiger partial charge is 0.373 e. The Hall–Kier alpha value is -1.39. The highest BCUT2D eigenvalue weighted by Gasteiger charge is 2.07. The second-order valence-corrected chi connectivity index (χ2v) is 4.96. The van der Waals surface area contributed by atoms with Gasteiger partial charge in [0.05, 0.1) is 11.4 Å². The van der Waals surface area contributed by atoms with E-state index >= 15 is 0 Å². The summed E-state index contributed by atoms with van der Waals surface area (Å²) in [6.45, 7) is 1.47. The maximum Gasteiger partial charge on any atom is 0.0772 e. The molecule has 0 bridgehead atoms. The van der Waals surface area contributed by atoms with Crippen molar-refractivity contribution in [1.82, 2.24) is 4.98 Å². The van der Waals surface area contributed by atoms with Crippen LogP contribution < -0.4 is 10.6 Å². The number of nitrogens with zero attached hydrogens (tertiary/aromatic N) is 2. The van der Waals surface area contributed by atoms with E-state index < -0.39 is 0 Å². The molecule has 0 aliphatic heterocycles. The van der Waals surface area contributed by atoms with Gasteiger partial charge in [0.25, 0.3) is 0 Å². The van der Waals surface area contributed by atoms with Gasteiger partial charge >= 0.3 is 0 Å². The number of aromatic nitrogens is 1. The number of hydrogen-bond donors (Lipinski definition) is 1. The Morgan fingerprint density at radius 1 is 1.35 bits per heavy atom. The number of pyridine rings is 1. The van der Waals surface area contributed by atoms with E-state index in [0.29, 0.717) is 6.54 Å². The highest BCUT2D eigenvalue weighted by Crippen LogP contribution is 2.17. The minimum Gasteiger partial charge on any atom is -0.373 e. The third-order valence-electron chi connectivity index (χ3n) is 2.74. The van der Waals surface area contributed by atoms with Gasteiger partial charge in [-0.25, -0.2) is 0 Å². The zero-order valence-electron chi connectivity index (χ0n) is 9.97. The molecule has 0 spiro atoms. The van der Waals surface area contributed by atoms with E-state index in [2.05, 4.69) is 40.5 Å². The van der Waals surface area contributed by atoms with Crippen molar-refractivity contribution in [3.05, 3.63) is 46.4 Å². The second-order valence-electron chi connectivity index (χ2n) is 3.92. The maximum atomic E-state index is 5.69. The standard InChI is InChI=1S/C13H17N3S/c1-16(8-6-11-4-3-9-17-11)13-5-2-7-15-12(13)10-14/h2-5,7,9H,6,8,10,14H2,1H3. The molecule has 4 heteroatoms. The number of anilines is 1. The minimum absolute atomic E-state index is 0.486. The predicted octanol–water partition coefficient (Wildman–Crippen LogP) is 2.28. The van der Waals surface area contributed by atoms with Crippen molar-refractivity contribution in [2.75, 3.05) is 18.5 Å². The fourth-order valence-corrected chi connectivity index (χ4v) is 2.49. The molecule has 2 rings (SSSR count). The van der Waals surface area contributed by atoms with Crippen molar-refractivity contribution in [1.29, 1.82) is 0 Å². The summed E-state index contributed by atoms with van der Waals surface area (Å²) in [4.78, 5) is 7.93. The summed E-state index contributed by atoms with van der Waals surface area (Å²) < 4.78 is 0. The van der Waals surface area contributed by atoms with E-state index in [9.17, 15) is 0 Å². The smallest absolute Gasteiger partial charge is 0.0772 e. The Labute approximate surface area is 106 Å². The molecule has 2 N–H and O–H groups in total. The molecule has 3 nitrogen and oxygen atoms in total. The molecule has 90 valence electrons. The van der Waals surface area contributed by atoms with Gasteiger partial charge in [0.2, 0.25) is 0 Å². The molecule has 0 aromatic carbocycles. The van der Waals surface area contributed by atoms with Crippen LogP contribution in [-0.4, -0.2) is 18.6 Å². The zero-order chi connectivity index (χ0) is 12.1. The highest BCUT2D eigenvalue weighted by molar-refractivity contribution is 7.09. The Morgan fingerprint density at radius 2 is 2.24 bits per heavy atom. The summed E-state index contributed by atoms with van der Waals surface area (Å²) in [5, 5.41) is 2.12. The average molecular weight is 247 g/mol. The van der Waals surface area contributed by atoms with Crippen LogP contribution >= 0.6 is 11.3 Å². The Kier molecular flexibility index (Phi) is 4.12. The summed E-state index contributed by atoms with van der Waals surface area (Å²) >= 11 is 1.80. The lowest BCUT2D eigenvalue weighted by Crippen LogP contribution is -2.22. The topological polar surface area (TPSA) is 42.2 Å². The van der Waals surface area contributed by atoms with Gasteiger partial charge in [0, 0.05) is 31.2 Å². The van der Waals surface area contributed by atoms with E-state index in [0.717, 1.165) is 24.3 Å². The Bertz CT molecular complexity index is 453. The predicted molar refractivity (Wildman–Crippen MR) is 73.4 cm³/mol. The van der Waals surface area contributed by atoms with Crippen molar-refractivity contribution in [2.45, 2.75) is 13.0 Å². The van der Waals surface area contributed by atoms with Crippen LogP contribution in [0.15, 0.2) is 35.8 Å². The fraction of sp³-hybridized carbons (Fsp3) is 0.308. The van der Waals surface area contributed by atoms with Gasteiger partial charge < -0.3 is 10.6 Å². The average Bonchev–Trinajstić information content (AvgIpc) is 2.89. The summed E-state index contributed by atoms with van der Waals surface area (Å²) in [6, 6.07) is 8.29. The monoisotopic (exact) mass is 247 g/mol. The van der Waals surface area contributed by atoms with Crippen LogP contribution in [0.4, 0.5) is 5.69 Å². The lowest BCUT2D eigenvalue weighted by Gasteiger charge is -2.20. The van der Waals surface area contributed by atoms with Gasteiger partial charge in [-0.2, -0.15) is 0 Å². The normalized spacial score (nSPS) is 10.5. The molecule has 0 aliphatic carbocycles. The van der Waals surface area contributed by atoms with E-state index in [1.165, 1.54) is 4.88 Å². The maximum absolute atomic E-state index is 5.69. The SMILES string of the molecule is CN(CCc1cccs1)c1cccnc1CN. The van der Waals surface area contributed by atoms with Crippen LogP contribution in [-0.2, 0) is 13.0 Å². The molecule has 2 heterocycles. The first-order valence-electron chi connectivity index (χ1n) is 5.68. The number of thiophene rings is 1. The van der Waals surface area contributed by atoms with Crippen molar-refractivity contribution >= 4 is 17.0 Å². The lowest BCUT2D eigenvalue weighted by atomic mass is 10.2. The first kappa shape index (κ1) is 12.1. The summed E-state index contributed by atoms with van der Waals surface area (Å²) in [7, 11) is 2.09. The Balaban J connectivity index is 2.01. The van der Waals surface area contributed by atoms with Gasteiger partial charge in [-0.3, -0.25) is 4.98 Å². The minimum atomic E-state index is 0.486. The van der Waals surface area contributed by atoms with Gasteiger partial charge in [-0.1, -0.05) is 6.07 Å². The molecule has 17 heavy (non-hydrogen) atoms. The van der Waals surface area contributed by atoms with E-state index in [-0.39, 0.29) is 0 Å². The van der Waals surface area contributed by atoms with Crippen LogP contribution in [0.25, 0.3) is 0 Å². The molecule has 0 amide bonds. The molecule has 0 fully saturated rings. The third-order valence-corrected chi connectivity index (χ3v) is 3.68. The van der Waals surface area contributed by atoms with Crippen molar-refractivity contribution in [3.8, 4) is 0 Å². The third kappa shape index (κ3) is 3.05.